The van der Waals surface area contributed by atoms with Gasteiger partial charge >= 0.3 is 5.97 Å². The van der Waals surface area contributed by atoms with Crippen molar-refractivity contribution in [3.05, 3.63) is 0 Å². The van der Waals surface area contributed by atoms with Gasteiger partial charge in [0.15, 0.2) is 0 Å². The van der Waals surface area contributed by atoms with Crippen molar-refractivity contribution in [2.45, 2.75) is 31.7 Å². The van der Waals surface area contributed by atoms with E-state index >= 15 is 0 Å². The number of carboxylic acids is 1. The van der Waals surface area contributed by atoms with Gasteiger partial charge in [0.05, 0.1) is 12.5 Å². The third-order valence-corrected chi connectivity index (χ3v) is 5.95. The van der Waals surface area contributed by atoms with E-state index in [1.807, 2.05) is 0 Å². The van der Waals surface area contributed by atoms with E-state index in [1.54, 1.807) is 0 Å². The second-order valence-corrected chi connectivity index (χ2v) is 7.01. The molecule has 1 unspecified atom stereocenters. The van der Waals surface area contributed by atoms with Crippen molar-refractivity contribution < 1.29 is 23.4 Å². The Bertz CT molecular complexity index is 438. The number of aliphatic carboxylic acids is 1. The second kappa shape index (κ2) is 5.74. The average Bonchev–Trinajstić information content (AvgIpc) is 2.88. The molecular weight excluding hydrogens is 272 g/mol. The molecule has 0 amide bonds. The van der Waals surface area contributed by atoms with Gasteiger partial charge in [0, 0.05) is 25.7 Å². The lowest BCUT2D eigenvalue weighted by atomic mass is 10.0. The molecule has 0 saturated carbocycles. The Balaban J connectivity index is 2.13. The Morgan fingerprint density at radius 3 is 2.53 bits per heavy atom. The van der Waals surface area contributed by atoms with Crippen molar-refractivity contribution in [3.63, 3.8) is 0 Å². The van der Waals surface area contributed by atoms with Gasteiger partial charge in [-0.05, 0) is 25.7 Å². The van der Waals surface area contributed by atoms with E-state index in [2.05, 4.69) is 0 Å². The lowest BCUT2D eigenvalue weighted by Crippen LogP contribution is -2.51. The number of hydrogen-bond donors (Lipinski definition) is 2. The molecule has 19 heavy (non-hydrogen) atoms. The van der Waals surface area contributed by atoms with Gasteiger partial charge in [0.2, 0.25) is 0 Å². The van der Waals surface area contributed by atoms with E-state index in [0.717, 1.165) is 6.42 Å². The quantitative estimate of drug-likeness (QED) is 0.727. The van der Waals surface area contributed by atoms with E-state index < -0.39 is 22.1 Å². The first kappa shape index (κ1) is 14.7. The normalized spacial score (nSPS) is 30.6. The van der Waals surface area contributed by atoms with Crippen molar-refractivity contribution in [3.8, 4) is 0 Å². The fourth-order valence-electron chi connectivity index (χ4n) is 2.80. The highest BCUT2D eigenvalue weighted by Crippen LogP contribution is 2.26. The Kier molecular flexibility index (Phi) is 4.44. The minimum Gasteiger partial charge on any atom is -0.481 e. The highest BCUT2D eigenvalue weighted by atomic mass is 32.2. The van der Waals surface area contributed by atoms with Crippen molar-refractivity contribution in [1.82, 2.24) is 8.61 Å². The van der Waals surface area contributed by atoms with Crippen molar-refractivity contribution in [2.24, 2.45) is 5.92 Å². The number of aliphatic hydroxyl groups is 1. The number of rotatable bonds is 4. The van der Waals surface area contributed by atoms with Gasteiger partial charge in [-0.1, -0.05) is 0 Å². The van der Waals surface area contributed by atoms with Crippen LogP contribution in [0.25, 0.3) is 0 Å². The fourth-order valence-corrected chi connectivity index (χ4v) is 4.73. The summed E-state index contributed by atoms with van der Waals surface area (Å²) in [7, 11) is -3.65. The van der Waals surface area contributed by atoms with Crippen molar-refractivity contribution in [2.75, 3.05) is 26.2 Å². The number of carboxylic acid groups (broad SMARTS) is 1. The van der Waals surface area contributed by atoms with Crippen LogP contribution in [0.3, 0.4) is 0 Å². The zero-order valence-electron chi connectivity index (χ0n) is 10.7. The molecule has 2 N–H and O–H groups in total. The molecule has 0 spiro atoms. The minimum absolute atomic E-state index is 0.0340. The van der Waals surface area contributed by atoms with E-state index in [1.165, 1.54) is 8.61 Å². The molecule has 2 aliphatic rings. The molecule has 7 nitrogen and oxygen atoms in total. The summed E-state index contributed by atoms with van der Waals surface area (Å²) in [4.78, 5) is 11.0. The summed E-state index contributed by atoms with van der Waals surface area (Å²) in [5.41, 5.74) is 0. The van der Waals surface area contributed by atoms with Gasteiger partial charge in [-0.15, -0.1) is 0 Å². The van der Waals surface area contributed by atoms with E-state index in [4.69, 9.17) is 5.11 Å². The molecular formula is C11H20N2O5S. The minimum atomic E-state index is -3.65. The van der Waals surface area contributed by atoms with Crippen LogP contribution in [-0.4, -0.2) is 65.5 Å². The smallest absolute Gasteiger partial charge is 0.307 e. The Hall–Kier alpha value is -0.700. The summed E-state index contributed by atoms with van der Waals surface area (Å²) >= 11 is 0. The molecule has 2 fully saturated rings. The third-order valence-electron chi connectivity index (χ3n) is 3.89. The molecule has 2 aliphatic heterocycles. The fraction of sp³-hybridized carbons (Fsp3) is 0.909. The van der Waals surface area contributed by atoms with Crippen LogP contribution in [0.1, 0.15) is 25.7 Å². The van der Waals surface area contributed by atoms with Gasteiger partial charge in [0.25, 0.3) is 10.2 Å². The summed E-state index contributed by atoms with van der Waals surface area (Å²) in [6, 6.07) is -0.366. The highest BCUT2D eigenvalue weighted by molar-refractivity contribution is 7.86. The molecule has 2 atom stereocenters. The number of hydrogen-bond acceptors (Lipinski definition) is 4. The van der Waals surface area contributed by atoms with Crippen LogP contribution in [0, 0.1) is 5.92 Å². The highest BCUT2D eigenvalue weighted by Gasteiger charge is 2.40. The maximum absolute atomic E-state index is 12.5. The SMILES string of the molecule is O=C(O)C1CCCN(S(=O)(=O)N2CCC[C@@H]2CO)C1. The van der Waals surface area contributed by atoms with Gasteiger partial charge < -0.3 is 10.2 Å². The molecule has 0 aliphatic carbocycles. The average molecular weight is 292 g/mol. The summed E-state index contributed by atoms with van der Waals surface area (Å²) in [6.07, 6.45) is 2.48. The second-order valence-electron chi connectivity index (χ2n) is 5.13. The summed E-state index contributed by atoms with van der Waals surface area (Å²) in [5, 5.41) is 18.2. The molecule has 2 saturated heterocycles. The van der Waals surface area contributed by atoms with Crippen LogP contribution < -0.4 is 0 Å². The van der Waals surface area contributed by atoms with Crippen LogP contribution in [0.2, 0.25) is 0 Å². The molecule has 0 aromatic heterocycles. The van der Waals surface area contributed by atoms with Crippen molar-refractivity contribution >= 4 is 16.2 Å². The first-order valence-corrected chi connectivity index (χ1v) is 7.97. The topological polar surface area (TPSA) is 98.2 Å². The van der Waals surface area contributed by atoms with Gasteiger partial charge in [-0.3, -0.25) is 4.79 Å². The van der Waals surface area contributed by atoms with Crippen molar-refractivity contribution in [1.29, 1.82) is 0 Å². The first-order valence-electron chi connectivity index (χ1n) is 6.57. The lowest BCUT2D eigenvalue weighted by Gasteiger charge is -2.34. The summed E-state index contributed by atoms with van der Waals surface area (Å²) in [5.74, 6) is -1.57. The first-order chi connectivity index (χ1) is 8.96. The zero-order chi connectivity index (χ0) is 14.0. The van der Waals surface area contributed by atoms with E-state index in [9.17, 15) is 18.3 Å². The van der Waals surface area contributed by atoms with Crippen LogP contribution in [0.15, 0.2) is 0 Å². The molecule has 8 heteroatoms. The number of carbonyl (C=O) groups is 1. The molecule has 2 heterocycles. The largest absolute Gasteiger partial charge is 0.481 e. The predicted molar refractivity (Wildman–Crippen MR) is 67.7 cm³/mol. The summed E-state index contributed by atoms with van der Waals surface area (Å²) < 4.78 is 27.5. The molecule has 0 aromatic carbocycles. The molecule has 0 radical (unpaired) electrons. The maximum Gasteiger partial charge on any atom is 0.307 e. The molecule has 0 bridgehead atoms. The van der Waals surface area contributed by atoms with Crippen LogP contribution in [0.5, 0.6) is 0 Å². The zero-order valence-corrected chi connectivity index (χ0v) is 11.5. The van der Waals surface area contributed by atoms with Crippen LogP contribution >= 0.6 is 0 Å². The number of aliphatic hydroxyl groups excluding tert-OH is 1. The molecule has 2 rings (SSSR count). The van der Waals surface area contributed by atoms with E-state index in [-0.39, 0.29) is 19.2 Å². The summed E-state index contributed by atoms with van der Waals surface area (Å²) in [6.45, 7) is 0.615. The predicted octanol–water partition coefficient (Wildman–Crippen LogP) is -0.515. The van der Waals surface area contributed by atoms with Gasteiger partial charge in [0.1, 0.15) is 0 Å². The van der Waals surface area contributed by atoms with Gasteiger partial charge in [-0.2, -0.15) is 17.0 Å². The van der Waals surface area contributed by atoms with Crippen LogP contribution in [-0.2, 0) is 15.0 Å². The molecule has 0 aromatic rings. The van der Waals surface area contributed by atoms with Crippen LogP contribution in [0.4, 0.5) is 0 Å². The third kappa shape index (κ3) is 2.91. The number of piperidine rings is 1. The monoisotopic (exact) mass is 292 g/mol. The Morgan fingerprint density at radius 1 is 1.21 bits per heavy atom. The van der Waals surface area contributed by atoms with Gasteiger partial charge in [-0.25, -0.2) is 0 Å². The van der Waals surface area contributed by atoms with E-state index in [0.29, 0.717) is 32.4 Å². The Morgan fingerprint density at radius 2 is 1.89 bits per heavy atom. The Labute approximate surface area is 113 Å². The molecule has 110 valence electrons. The lowest BCUT2D eigenvalue weighted by molar-refractivity contribution is -0.142. The number of nitrogens with zero attached hydrogens (tertiary/aromatic N) is 2. The standard InChI is InChI=1S/C11H20N2O5S/c14-8-10-4-2-6-13(10)19(17,18)12-5-1-3-9(7-12)11(15)16/h9-10,14H,1-8H2,(H,15,16)/t9?,10-/m1/s1. The maximum atomic E-state index is 12.5.